The van der Waals surface area contributed by atoms with E-state index in [-0.39, 0.29) is 5.82 Å². The highest BCUT2D eigenvalue weighted by molar-refractivity contribution is 14.1. The van der Waals surface area contributed by atoms with Crippen LogP contribution < -0.4 is 0 Å². The van der Waals surface area contributed by atoms with Crippen LogP contribution in [0.25, 0.3) is 0 Å². The second-order valence-corrected chi connectivity index (χ2v) is 4.63. The summed E-state index contributed by atoms with van der Waals surface area (Å²) in [6.45, 7) is 0. The minimum Gasteiger partial charge on any atom is -0.207 e. The Morgan fingerprint density at radius 1 is 1.42 bits per heavy atom. The molecule has 0 heterocycles. The van der Waals surface area contributed by atoms with Crippen molar-refractivity contribution in [3.05, 3.63) is 33.1 Å². The summed E-state index contributed by atoms with van der Waals surface area (Å²) in [6, 6.07) is 5.50. The van der Waals surface area contributed by atoms with Gasteiger partial charge in [0.1, 0.15) is 5.82 Å². The Labute approximate surface area is 85.3 Å². The number of rotatable bonds is 2. The van der Waals surface area contributed by atoms with Crippen LogP contribution in [0.15, 0.2) is 18.2 Å². The van der Waals surface area contributed by atoms with E-state index in [0.29, 0.717) is 0 Å². The normalized spacial score (nSPS) is 16.5. The summed E-state index contributed by atoms with van der Waals surface area (Å²) in [5.74, 6) is 0.730. The van der Waals surface area contributed by atoms with Crippen molar-refractivity contribution in [1.82, 2.24) is 0 Å². The molecular weight excluding hydrogens is 266 g/mol. The van der Waals surface area contributed by atoms with Gasteiger partial charge in [-0.3, -0.25) is 0 Å². The molecule has 12 heavy (non-hydrogen) atoms. The van der Waals surface area contributed by atoms with Gasteiger partial charge in [0, 0.05) is 3.57 Å². The van der Waals surface area contributed by atoms with Crippen molar-refractivity contribution in [2.24, 2.45) is 5.92 Å². The number of benzene rings is 1. The van der Waals surface area contributed by atoms with Gasteiger partial charge in [0.15, 0.2) is 0 Å². The van der Waals surface area contributed by atoms with Crippen LogP contribution in [0.1, 0.15) is 18.4 Å². The van der Waals surface area contributed by atoms with E-state index in [4.69, 9.17) is 0 Å². The quantitative estimate of drug-likeness (QED) is 0.726. The second kappa shape index (κ2) is 3.32. The lowest BCUT2D eigenvalue weighted by Gasteiger charge is -2.01. The zero-order valence-corrected chi connectivity index (χ0v) is 8.84. The Balaban J connectivity index is 2.18. The van der Waals surface area contributed by atoms with Crippen LogP contribution in [0.3, 0.4) is 0 Å². The average molecular weight is 276 g/mol. The summed E-state index contributed by atoms with van der Waals surface area (Å²) in [5.41, 5.74) is 0.887. The molecule has 1 fully saturated rings. The van der Waals surface area contributed by atoms with Gasteiger partial charge in [0.2, 0.25) is 0 Å². The fourth-order valence-corrected chi connectivity index (χ4v) is 1.77. The van der Waals surface area contributed by atoms with Crippen molar-refractivity contribution >= 4 is 22.6 Å². The fraction of sp³-hybridized carbons (Fsp3) is 0.400. The third-order valence-corrected chi connectivity index (χ3v) is 2.89. The molecule has 1 aromatic rings. The van der Waals surface area contributed by atoms with Gasteiger partial charge in [0.25, 0.3) is 0 Å². The van der Waals surface area contributed by atoms with Crippen LogP contribution in [-0.2, 0) is 6.42 Å². The second-order valence-electron chi connectivity index (χ2n) is 3.38. The Morgan fingerprint density at radius 2 is 2.17 bits per heavy atom. The van der Waals surface area contributed by atoms with Gasteiger partial charge in [-0.05, 0) is 65.5 Å². The first-order chi connectivity index (χ1) is 5.75. The van der Waals surface area contributed by atoms with Crippen molar-refractivity contribution in [2.75, 3.05) is 0 Å². The SMILES string of the molecule is Fc1cc(I)ccc1CC1CC1. The van der Waals surface area contributed by atoms with Crippen molar-refractivity contribution in [3.8, 4) is 0 Å². The molecule has 0 unspecified atom stereocenters. The summed E-state index contributed by atoms with van der Waals surface area (Å²) in [7, 11) is 0. The largest absolute Gasteiger partial charge is 0.207 e. The summed E-state index contributed by atoms with van der Waals surface area (Å²) < 4.78 is 14.2. The summed E-state index contributed by atoms with van der Waals surface area (Å²) in [5, 5.41) is 0. The molecule has 0 radical (unpaired) electrons. The highest BCUT2D eigenvalue weighted by atomic mass is 127. The van der Waals surface area contributed by atoms with Crippen molar-refractivity contribution in [2.45, 2.75) is 19.3 Å². The monoisotopic (exact) mass is 276 g/mol. The van der Waals surface area contributed by atoms with Gasteiger partial charge >= 0.3 is 0 Å². The first kappa shape index (κ1) is 8.48. The summed E-state index contributed by atoms with van der Waals surface area (Å²) >= 11 is 2.13. The fourth-order valence-electron chi connectivity index (χ4n) is 1.32. The molecule has 0 amide bonds. The molecular formula is C10H10FI. The lowest BCUT2D eigenvalue weighted by Crippen LogP contribution is -1.92. The molecule has 1 aliphatic rings. The van der Waals surface area contributed by atoms with Crippen LogP contribution in [0.4, 0.5) is 4.39 Å². The van der Waals surface area contributed by atoms with Crippen LogP contribution in [0.5, 0.6) is 0 Å². The van der Waals surface area contributed by atoms with E-state index in [1.807, 2.05) is 12.1 Å². The van der Waals surface area contributed by atoms with Crippen LogP contribution in [0.2, 0.25) is 0 Å². The zero-order chi connectivity index (χ0) is 8.55. The van der Waals surface area contributed by atoms with Gasteiger partial charge in [-0.15, -0.1) is 0 Å². The van der Waals surface area contributed by atoms with Gasteiger partial charge in [-0.1, -0.05) is 6.07 Å². The molecule has 2 rings (SSSR count). The number of halogens is 2. The summed E-state index contributed by atoms with van der Waals surface area (Å²) in [4.78, 5) is 0. The topological polar surface area (TPSA) is 0 Å². The van der Waals surface area contributed by atoms with E-state index in [2.05, 4.69) is 22.6 Å². The first-order valence-electron chi connectivity index (χ1n) is 4.19. The van der Waals surface area contributed by atoms with Crippen molar-refractivity contribution < 1.29 is 4.39 Å². The van der Waals surface area contributed by atoms with E-state index < -0.39 is 0 Å². The van der Waals surface area contributed by atoms with E-state index in [1.165, 1.54) is 12.8 Å². The lowest BCUT2D eigenvalue weighted by atomic mass is 10.1. The standard InChI is InChI=1S/C10H10FI/c11-10-6-9(12)4-3-8(10)5-7-1-2-7/h3-4,6-7H,1-2,5H2. The maximum atomic E-state index is 13.2. The molecule has 2 heteroatoms. The van der Waals surface area contributed by atoms with Gasteiger partial charge in [-0.2, -0.15) is 0 Å². The third-order valence-electron chi connectivity index (χ3n) is 2.22. The molecule has 1 aromatic carbocycles. The average Bonchev–Trinajstić information content (AvgIpc) is 2.79. The Morgan fingerprint density at radius 3 is 2.75 bits per heavy atom. The van der Waals surface area contributed by atoms with E-state index in [0.717, 1.165) is 21.5 Å². The van der Waals surface area contributed by atoms with E-state index >= 15 is 0 Å². The van der Waals surface area contributed by atoms with Gasteiger partial charge in [-0.25, -0.2) is 4.39 Å². The number of hydrogen-bond acceptors (Lipinski definition) is 0. The Bertz CT molecular complexity index is 292. The minimum absolute atomic E-state index is 0.0335. The minimum atomic E-state index is -0.0335. The smallest absolute Gasteiger partial charge is 0.127 e. The molecule has 1 saturated carbocycles. The molecule has 0 saturated heterocycles. The summed E-state index contributed by atoms with van der Waals surface area (Å²) in [6.07, 6.45) is 3.50. The predicted octanol–water partition coefficient (Wildman–Crippen LogP) is 3.38. The molecule has 0 atom stereocenters. The third kappa shape index (κ3) is 1.97. The van der Waals surface area contributed by atoms with E-state index in [9.17, 15) is 4.39 Å². The van der Waals surface area contributed by atoms with Crippen molar-refractivity contribution in [1.29, 1.82) is 0 Å². The predicted molar refractivity (Wildman–Crippen MR) is 55.5 cm³/mol. The van der Waals surface area contributed by atoms with Gasteiger partial charge in [0.05, 0.1) is 0 Å². The molecule has 1 aliphatic carbocycles. The molecule has 0 N–H and O–H groups in total. The lowest BCUT2D eigenvalue weighted by molar-refractivity contribution is 0.601. The van der Waals surface area contributed by atoms with Gasteiger partial charge < -0.3 is 0 Å². The molecule has 0 spiro atoms. The highest BCUT2D eigenvalue weighted by Gasteiger charge is 2.22. The molecule has 64 valence electrons. The van der Waals surface area contributed by atoms with Crippen LogP contribution >= 0.6 is 22.6 Å². The van der Waals surface area contributed by atoms with Crippen LogP contribution in [-0.4, -0.2) is 0 Å². The van der Waals surface area contributed by atoms with Crippen molar-refractivity contribution in [3.63, 3.8) is 0 Å². The maximum Gasteiger partial charge on any atom is 0.127 e. The molecule has 0 nitrogen and oxygen atoms in total. The first-order valence-corrected chi connectivity index (χ1v) is 5.27. The highest BCUT2D eigenvalue weighted by Crippen LogP contribution is 2.33. The maximum absolute atomic E-state index is 13.2. The Hall–Kier alpha value is -0.120. The Kier molecular flexibility index (Phi) is 2.35. The van der Waals surface area contributed by atoms with E-state index in [1.54, 1.807) is 6.07 Å². The molecule has 0 bridgehead atoms. The number of hydrogen-bond donors (Lipinski definition) is 0. The molecule has 0 aromatic heterocycles. The zero-order valence-electron chi connectivity index (χ0n) is 6.69. The van der Waals surface area contributed by atoms with Crippen LogP contribution in [0, 0.1) is 15.3 Å². The molecule has 0 aliphatic heterocycles.